The van der Waals surface area contributed by atoms with E-state index in [0.717, 1.165) is 11.8 Å². The number of hydrogen-bond acceptors (Lipinski definition) is 1. The Bertz CT molecular complexity index is 271. The smallest absolute Gasteiger partial charge is 0.00933 e. The molecule has 0 fully saturated rings. The van der Waals surface area contributed by atoms with Gasteiger partial charge in [0.15, 0.2) is 0 Å². The second-order valence-electron chi connectivity index (χ2n) is 4.13. The zero-order valence-electron chi connectivity index (χ0n) is 8.40. The van der Waals surface area contributed by atoms with Gasteiger partial charge in [0.05, 0.1) is 0 Å². The summed E-state index contributed by atoms with van der Waals surface area (Å²) in [6.45, 7) is 0. The molecule has 0 radical (unpaired) electrons. The van der Waals surface area contributed by atoms with Crippen molar-refractivity contribution in [1.29, 1.82) is 0 Å². The highest BCUT2D eigenvalue weighted by Gasteiger charge is 2.23. The van der Waals surface area contributed by atoms with E-state index in [-0.39, 0.29) is 0 Å². The maximum Gasteiger partial charge on any atom is 0.00933 e. The van der Waals surface area contributed by atoms with Crippen molar-refractivity contribution in [3.63, 3.8) is 0 Å². The number of fused-ring (bicyclic) bond motifs is 1. The second-order valence-corrected chi connectivity index (χ2v) is 4.13. The van der Waals surface area contributed by atoms with Gasteiger partial charge in [-0.15, -0.1) is 0 Å². The molecule has 0 aliphatic heterocycles. The standard InChI is InChI=1S/C12H17N/c1-13(2)12-8-7-10-5-3-4-6-11(10)9-12/h3-6,8,10-11H,7,9H2,1-2H3. The van der Waals surface area contributed by atoms with Crippen LogP contribution in [0.4, 0.5) is 0 Å². The molecule has 0 amide bonds. The van der Waals surface area contributed by atoms with E-state index in [1.165, 1.54) is 18.5 Å². The summed E-state index contributed by atoms with van der Waals surface area (Å²) in [5.74, 6) is 1.50. The summed E-state index contributed by atoms with van der Waals surface area (Å²) in [6.07, 6.45) is 13.8. The molecule has 1 heteroatoms. The minimum Gasteiger partial charge on any atom is -0.381 e. The molecule has 2 unspecified atom stereocenters. The average Bonchev–Trinajstić information content (AvgIpc) is 2.17. The summed E-state index contributed by atoms with van der Waals surface area (Å²) in [7, 11) is 4.27. The van der Waals surface area contributed by atoms with Crippen LogP contribution in [0.3, 0.4) is 0 Å². The summed E-state index contributed by atoms with van der Waals surface area (Å²) in [6, 6.07) is 0. The van der Waals surface area contributed by atoms with Crippen molar-refractivity contribution < 1.29 is 0 Å². The Morgan fingerprint density at radius 3 is 2.54 bits per heavy atom. The number of rotatable bonds is 1. The molecule has 0 aromatic heterocycles. The molecule has 2 atom stereocenters. The van der Waals surface area contributed by atoms with Crippen LogP contribution >= 0.6 is 0 Å². The van der Waals surface area contributed by atoms with Crippen LogP contribution in [-0.4, -0.2) is 19.0 Å². The van der Waals surface area contributed by atoms with Crippen LogP contribution in [0, 0.1) is 11.8 Å². The van der Waals surface area contributed by atoms with Gasteiger partial charge in [-0.3, -0.25) is 0 Å². The summed E-state index contributed by atoms with van der Waals surface area (Å²) < 4.78 is 0. The first-order chi connectivity index (χ1) is 6.27. The summed E-state index contributed by atoms with van der Waals surface area (Å²) in [5, 5.41) is 0. The summed E-state index contributed by atoms with van der Waals surface area (Å²) in [5.41, 5.74) is 1.49. The maximum atomic E-state index is 2.38. The molecule has 2 aliphatic carbocycles. The van der Waals surface area contributed by atoms with E-state index in [4.69, 9.17) is 0 Å². The highest BCUT2D eigenvalue weighted by atomic mass is 15.1. The lowest BCUT2D eigenvalue weighted by Gasteiger charge is -2.31. The molecule has 1 nitrogen and oxygen atoms in total. The first-order valence-electron chi connectivity index (χ1n) is 4.99. The fourth-order valence-electron chi connectivity index (χ4n) is 2.13. The minimum absolute atomic E-state index is 0.743. The maximum absolute atomic E-state index is 2.38. The predicted molar refractivity (Wildman–Crippen MR) is 56.3 cm³/mol. The SMILES string of the molecule is CN(C)C1=CCC2C=CC=CC2C1. The normalized spacial score (nSPS) is 31.1. The van der Waals surface area contributed by atoms with E-state index < -0.39 is 0 Å². The van der Waals surface area contributed by atoms with E-state index in [1.54, 1.807) is 0 Å². The van der Waals surface area contributed by atoms with Crippen molar-refractivity contribution in [3.05, 3.63) is 36.1 Å². The quantitative estimate of drug-likeness (QED) is 0.592. The molecule has 0 aromatic carbocycles. The van der Waals surface area contributed by atoms with Crippen molar-refractivity contribution in [2.24, 2.45) is 11.8 Å². The lowest BCUT2D eigenvalue weighted by atomic mass is 9.79. The van der Waals surface area contributed by atoms with Crippen molar-refractivity contribution in [2.45, 2.75) is 12.8 Å². The van der Waals surface area contributed by atoms with Crippen LogP contribution in [-0.2, 0) is 0 Å². The molecule has 0 aromatic rings. The number of hydrogen-bond donors (Lipinski definition) is 0. The largest absolute Gasteiger partial charge is 0.381 e. The van der Waals surface area contributed by atoms with Crippen molar-refractivity contribution in [3.8, 4) is 0 Å². The molecule has 13 heavy (non-hydrogen) atoms. The molecular weight excluding hydrogens is 158 g/mol. The van der Waals surface area contributed by atoms with Crippen molar-refractivity contribution in [1.82, 2.24) is 4.90 Å². The zero-order chi connectivity index (χ0) is 9.26. The first-order valence-corrected chi connectivity index (χ1v) is 4.99. The van der Waals surface area contributed by atoms with E-state index in [2.05, 4.69) is 49.4 Å². The third-order valence-corrected chi connectivity index (χ3v) is 3.02. The topological polar surface area (TPSA) is 3.24 Å². The summed E-state index contributed by atoms with van der Waals surface area (Å²) >= 11 is 0. The van der Waals surface area contributed by atoms with Crippen molar-refractivity contribution in [2.75, 3.05) is 14.1 Å². The third-order valence-electron chi connectivity index (χ3n) is 3.02. The van der Waals surface area contributed by atoms with Gasteiger partial charge in [0.25, 0.3) is 0 Å². The Kier molecular flexibility index (Phi) is 2.26. The molecule has 70 valence electrons. The fourth-order valence-corrected chi connectivity index (χ4v) is 2.13. The van der Waals surface area contributed by atoms with Gasteiger partial charge in [-0.2, -0.15) is 0 Å². The molecular formula is C12H17N. The van der Waals surface area contributed by atoms with Gasteiger partial charge < -0.3 is 4.90 Å². The van der Waals surface area contributed by atoms with Gasteiger partial charge in [0, 0.05) is 19.8 Å². The van der Waals surface area contributed by atoms with Crippen LogP contribution in [0.25, 0.3) is 0 Å². The van der Waals surface area contributed by atoms with Crippen LogP contribution in [0.15, 0.2) is 36.1 Å². The Labute approximate surface area is 80.4 Å². The molecule has 0 N–H and O–H groups in total. The van der Waals surface area contributed by atoms with E-state index in [9.17, 15) is 0 Å². The third kappa shape index (κ3) is 1.69. The van der Waals surface area contributed by atoms with Crippen LogP contribution in [0.1, 0.15) is 12.8 Å². The first kappa shape index (κ1) is 8.61. The van der Waals surface area contributed by atoms with Crippen LogP contribution in [0.5, 0.6) is 0 Å². The lowest BCUT2D eigenvalue weighted by Crippen LogP contribution is -2.23. The van der Waals surface area contributed by atoms with Crippen molar-refractivity contribution >= 4 is 0 Å². The van der Waals surface area contributed by atoms with Gasteiger partial charge in [-0.25, -0.2) is 0 Å². The molecule has 0 spiro atoms. The summed E-state index contributed by atoms with van der Waals surface area (Å²) in [4.78, 5) is 2.24. The van der Waals surface area contributed by atoms with Gasteiger partial charge in [-0.05, 0) is 24.7 Å². The number of nitrogens with zero attached hydrogens (tertiary/aromatic N) is 1. The van der Waals surface area contributed by atoms with E-state index >= 15 is 0 Å². The van der Waals surface area contributed by atoms with Gasteiger partial charge in [0.2, 0.25) is 0 Å². The minimum atomic E-state index is 0.743. The highest BCUT2D eigenvalue weighted by Crippen LogP contribution is 2.34. The zero-order valence-corrected chi connectivity index (χ0v) is 8.40. The molecule has 0 saturated heterocycles. The molecule has 0 heterocycles. The van der Waals surface area contributed by atoms with Gasteiger partial charge >= 0.3 is 0 Å². The fraction of sp³-hybridized carbons (Fsp3) is 0.500. The van der Waals surface area contributed by atoms with Crippen LogP contribution < -0.4 is 0 Å². The number of allylic oxidation sites excluding steroid dienone is 6. The highest BCUT2D eigenvalue weighted by molar-refractivity contribution is 5.21. The Morgan fingerprint density at radius 1 is 1.15 bits per heavy atom. The predicted octanol–water partition coefficient (Wildman–Crippen LogP) is 2.58. The molecule has 2 rings (SSSR count). The monoisotopic (exact) mass is 175 g/mol. The van der Waals surface area contributed by atoms with Gasteiger partial charge in [-0.1, -0.05) is 30.4 Å². The molecule has 0 saturated carbocycles. The molecule has 2 aliphatic rings. The Balaban J connectivity index is 2.12. The van der Waals surface area contributed by atoms with E-state index in [0.29, 0.717) is 0 Å². The van der Waals surface area contributed by atoms with Gasteiger partial charge in [0.1, 0.15) is 0 Å². The molecule has 0 bridgehead atoms. The van der Waals surface area contributed by atoms with E-state index in [1.807, 2.05) is 0 Å². The average molecular weight is 175 g/mol. The Morgan fingerprint density at radius 2 is 1.85 bits per heavy atom. The van der Waals surface area contributed by atoms with Crippen LogP contribution in [0.2, 0.25) is 0 Å². The Hall–Kier alpha value is -0.980. The lowest BCUT2D eigenvalue weighted by molar-refractivity contribution is 0.375. The second kappa shape index (κ2) is 3.41.